The van der Waals surface area contributed by atoms with Crippen LogP contribution in [0.4, 0.5) is 4.79 Å². The molecule has 1 aliphatic heterocycles. The van der Waals surface area contributed by atoms with Crippen molar-refractivity contribution >= 4 is 39.2 Å². The zero-order chi connectivity index (χ0) is 16.6. The number of β-amino-alcohol motifs (C(OH)–C–C–N with tert-alkyl or cyclic N) is 1. The number of benzene rings is 1. The molecule has 1 amide bonds. The second-order valence-electron chi connectivity index (χ2n) is 5.56. The number of fused-ring (bicyclic) bond motifs is 1. The van der Waals surface area contributed by atoms with E-state index >= 15 is 0 Å². The minimum atomic E-state index is -0.296. The standard InChI is InChI=1S/C15H18ClN3O3S/c1-10-11(16)2-3-12-13(10)19(15(22)23-12)14(21)18-6-4-17(5-7-18)8-9-20/h2-3,20H,4-9H2,1H3. The van der Waals surface area contributed by atoms with E-state index in [2.05, 4.69) is 4.90 Å². The van der Waals surface area contributed by atoms with E-state index in [1.807, 2.05) is 6.92 Å². The number of aryl methyl sites for hydroxylation is 1. The smallest absolute Gasteiger partial charge is 0.332 e. The molecular weight excluding hydrogens is 338 g/mol. The summed E-state index contributed by atoms with van der Waals surface area (Å²) in [7, 11) is 0. The van der Waals surface area contributed by atoms with E-state index in [0.717, 1.165) is 21.6 Å². The Balaban J connectivity index is 1.92. The molecule has 1 fully saturated rings. The van der Waals surface area contributed by atoms with Crippen LogP contribution in [0.25, 0.3) is 10.2 Å². The number of nitrogens with zero attached hydrogens (tertiary/aromatic N) is 3. The SMILES string of the molecule is Cc1c(Cl)ccc2sc(=O)n(C(=O)N3CCN(CCO)CC3)c12. The first-order valence-electron chi connectivity index (χ1n) is 7.46. The van der Waals surface area contributed by atoms with E-state index in [0.29, 0.717) is 43.3 Å². The van der Waals surface area contributed by atoms with Crippen molar-refractivity contribution in [3.63, 3.8) is 0 Å². The van der Waals surface area contributed by atoms with E-state index in [1.54, 1.807) is 17.0 Å². The van der Waals surface area contributed by atoms with Crippen LogP contribution >= 0.6 is 22.9 Å². The number of piperazine rings is 1. The van der Waals surface area contributed by atoms with Gasteiger partial charge in [-0.25, -0.2) is 9.36 Å². The van der Waals surface area contributed by atoms with Crippen molar-refractivity contribution in [3.05, 3.63) is 32.4 Å². The van der Waals surface area contributed by atoms with E-state index in [9.17, 15) is 9.59 Å². The lowest BCUT2D eigenvalue weighted by Crippen LogP contribution is -2.51. The van der Waals surface area contributed by atoms with Crippen molar-refractivity contribution in [1.82, 2.24) is 14.4 Å². The number of hydrogen-bond donors (Lipinski definition) is 1. The average molecular weight is 356 g/mol. The minimum Gasteiger partial charge on any atom is -0.395 e. The molecule has 0 spiro atoms. The molecule has 124 valence electrons. The van der Waals surface area contributed by atoms with Gasteiger partial charge in [0.2, 0.25) is 0 Å². The van der Waals surface area contributed by atoms with Gasteiger partial charge in [0.15, 0.2) is 0 Å². The summed E-state index contributed by atoms with van der Waals surface area (Å²) in [6, 6.07) is 3.23. The number of halogens is 1. The second-order valence-corrected chi connectivity index (χ2v) is 6.96. The van der Waals surface area contributed by atoms with Gasteiger partial charge in [0.1, 0.15) is 0 Å². The first-order valence-corrected chi connectivity index (χ1v) is 8.65. The minimum absolute atomic E-state index is 0.111. The summed E-state index contributed by atoms with van der Waals surface area (Å²) in [5.41, 5.74) is 1.35. The predicted molar refractivity (Wildman–Crippen MR) is 91.7 cm³/mol. The number of amides is 1. The zero-order valence-electron chi connectivity index (χ0n) is 12.8. The summed E-state index contributed by atoms with van der Waals surface area (Å²) >= 11 is 7.21. The van der Waals surface area contributed by atoms with Crippen LogP contribution in [0.3, 0.4) is 0 Å². The molecule has 3 rings (SSSR count). The topological polar surface area (TPSA) is 65.8 Å². The van der Waals surface area contributed by atoms with Crippen molar-refractivity contribution < 1.29 is 9.90 Å². The summed E-state index contributed by atoms with van der Waals surface area (Å²) < 4.78 is 2.01. The molecule has 0 unspecified atom stereocenters. The Bertz CT molecular complexity index is 793. The molecule has 0 atom stereocenters. The van der Waals surface area contributed by atoms with Crippen LogP contribution in [-0.4, -0.2) is 64.8 Å². The van der Waals surface area contributed by atoms with Crippen molar-refractivity contribution in [2.75, 3.05) is 39.3 Å². The van der Waals surface area contributed by atoms with E-state index < -0.39 is 0 Å². The fraction of sp³-hybridized carbons (Fsp3) is 0.467. The molecule has 0 bridgehead atoms. The maximum atomic E-state index is 12.8. The van der Waals surface area contributed by atoms with Crippen molar-refractivity contribution in [3.8, 4) is 0 Å². The van der Waals surface area contributed by atoms with Crippen LogP contribution < -0.4 is 4.87 Å². The quantitative estimate of drug-likeness (QED) is 0.888. The van der Waals surface area contributed by atoms with Crippen molar-refractivity contribution in [2.45, 2.75) is 6.92 Å². The molecule has 1 N–H and O–H groups in total. The third kappa shape index (κ3) is 3.01. The number of aromatic nitrogens is 1. The van der Waals surface area contributed by atoms with Gasteiger partial charge < -0.3 is 10.0 Å². The van der Waals surface area contributed by atoms with Crippen LogP contribution in [0, 0.1) is 6.92 Å². The number of rotatable bonds is 2. The summed E-state index contributed by atoms with van der Waals surface area (Å²) in [6.07, 6.45) is 0. The van der Waals surface area contributed by atoms with E-state index in [1.165, 1.54) is 4.57 Å². The number of carbonyl (C=O) groups excluding carboxylic acids is 1. The number of carbonyl (C=O) groups is 1. The molecule has 0 aliphatic carbocycles. The zero-order valence-corrected chi connectivity index (χ0v) is 14.4. The van der Waals surface area contributed by atoms with Gasteiger partial charge in [0, 0.05) is 37.7 Å². The molecule has 1 saturated heterocycles. The third-order valence-electron chi connectivity index (χ3n) is 4.18. The van der Waals surface area contributed by atoms with Crippen LogP contribution in [0.1, 0.15) is 5.56 Å². The summed E-state index contributed by atoms with van der Waals surface area (Å²) in [5, 5.41) is 9.52. The van der Waals surface area contributed by atoms with Gasteiger partial charge in [0.05, 0.1) is 16.8 Å². The first-order chi connectivity index (χ1) is 11.0. The maximum Gasteiger partial charge on any atom is 0.332 e. The lowest BCUT2D eigenvalue weighted by Gasteiger charge is -2.34. The fourth-order valence-corrected chi connectivity index (χ4v) is 3.94. The van der Waals surface area contributed by atoms with Crippen LogP contribution in [-0.2, 0) is 0 Å². The van der Waals surface area contributed by atoms with Gasteiger partial charge in [-0.1, -0.05) is 22.9 Å². The Morgan fingerprint density at radius 3 is 2.65 bits per heavy atom. The first kappa shape index (κ1) is 16.4. The number of hydrogen-bond acceptors (Lipinski definition) is 5. The second kappa shape index (κ2) is 6.60. The largest absolute Gasteiger partial charge is 0.395 e. The van der Waals surface area contributed by atoms with Gasteiger partial charge >= 0.3 is 10.9 Å². The Hall–Kier alpha value is -1.41. The molecule has 1 aromatic heterocycles. The average Bonchev–Trinajstić information content (AvgIpc) is 2.88. The lowest BCUT2D eigenvalue weighted by molar-refractivity contribution is 0.123. The molecule has 1 aliphatic rings. The monoisotopic (exact) mass is 355 g/mol. The maximum absolute atomic E-state index is 12.8. The van der Waals surface area contributed by atoms with E-state index in [-0.39, 0.29) is 17.5 Å². The Labute approximate surface area is 142 Å². The fourth-order valence-electron chi connectivity index (χ4n) is 2.86. The molecule has 2 aromatic rings. The molecule has 0 radical (unpaired) electrons. The van der Waals surface area contributed by atoms with Crippen LogP contribution in [0.15, 0.2) is 16.9 Å². The van der Waals surface area contributed by atoms with Gasteiger partial charge in [-0.3, -0.25) is 9.69 Å². The van der Waals surface area contributed by atoms with Gasteiger partial charge in [-0.05, 0) is 24.6 Å². The molecule has 2 heterocycles. The predicted octanol–water partition coefficient (Wildman–Crippen LogP) is 1.60. The van der Waals surface area contributed by atoms with Gasteiger partial charge in [-0.2, -0.15) is 0 Å². The number of aliphatic hydroxyl groups is 1. The number of thiazole rings is 1. The van der Waals surface area contributed by atoms with Crippen molar-refractivity contribution in [2.24, 2.45) is 0 Å². The Morgan fingerprint density at radius 2 is 2.00 bits per heavy atom. The van der Waals surface area contributed by atoms with Crippen LogP contribution in [0.2, 0.25) is 5.02 Å². The van der Waals surface area contributed by atoms with Gasteiger partial charge in [0.25, 0.3) is 0 Å². The molecule has 1 aromatic carbocycles. The highest BCUT2D eigenvalue weighted by Crippen LogP contribution is 2.27. The Morgan fingerprint density at radius 1 is 1.30 bits per heavy atom. The summed E-state index contributed by atoms with van der Waals surface area (Å²) in [5.74, 6) is 0. The number of aliphatic hydroxyl groups excluding tert-OH is 1. The highest BCUT2D eigenvalue weighted by molar-refractivity contribution is 7.16. The molecular formula is C15H18ClN3O3S. The Kier molecular flexibility index (Phi) is 4.72. The third-order valence-corrected chi connectivity index (χ3v) is 5.50. The van der Waals surface area contributed by atoms with E-state index in [4.69, 9.17) is 16.7 Å². The van der Waals surface area contributed by atoms with Crippen LogP contribution in [0.5, 0.6) is 0 Å². The molecule has 0 saturated carbocycles. The highest BCUT2D eigenvalue weighted by Gasteiger charge is 2.25. The van der Waals surface area contributed by atoms with Crippen molar-refractivity contribution in [1.29, 1.82) is 0 Å². The highest BCUT2D eigenvalue weighted by atomic mass is 35.5. The van der Waals surface area contributed by atoms with Gasteiger partial charge in [-0.15, -0.1) is 0 Å². The molecule has 6 nitrogen and oxygen atoms in total. The molecule has 8 heteroatoms. The summed E-state index contributed by atoms with van der Waals surface area (Å²) in [4.78, 5) is 28.6. The normalized spacial score (nSPS) is 16.2. The summed E-state index contributed by atoms with van der Waals surface area (Å²) in [6.45, 7) is 5.02. The molecule has 23 heavy (non-hydrogen) atoms. The lowest BCUT2D eigenvalue weighted by atomic mass is 10.2.